The number of hydrogen-bond acceptors (Lipinski definition) is 4. The van der Waals surface area contributed by atoms with Crippen molar-refractivity contribution in [2.45, 2.75) is 42.7 Å². The van der Waals surface area contributed by atoms with Crippen molar-refractivity contribution in [3.63, 3.8) is 0 Å². The molecule has 1 aliphatic carbocycles. The largest absolute Gasteiger partial charge is 0.391 e. The minimum Gasteiger partial charge on any atom is -0.391 e. The summed E-state index contributed by atoms with van der Waals surface area (Å²) in [4.78, 5) is -0.0214. The molecule has 2 rings (SSSR count). The van der Waals surface area contributed by atoms with Crippen molar-refractivity contribution >= 4 is 19.7 Å². The number of aromatic nitrogens is 2. The molecule has 0 aliphatic heterocycles. The Bertz CT molecular complexity index is 471. The Morgan fingerprint density at radius 3 is 2.69 bits per heavy atom. The fraction of sp³-hybridized carbons (Fsp3) is 0.667. The van der Waals surface area contributed by atoms with Crippen LogP contribution in [0, 0.1) is 0 Å². The summed E-state index contributed by atoms with van der Waals surface area (Å²) in [6.45, 7) is 0. The molecule has 90 valence electrons. The van der Waals surface area contributed by atoms with E-state index < -0.39 is 15.2 Å². The van der Waals surface area contributed by atoms with Gasteiger partial charge in [-0.25, -0.2) is 8.42 Å². The van der Waals surface area contributed by atoms with Crippen LogP contribution >= 0.6 is 10.7 Å². The maximum absolute atomic E-state index is 11.1. The molecule has 16 heavy (non-hydrogen) atoms. The quantitative estimate of drug-likeness (QED) is 0.817. The second kappa shape index (κ2) is 4.35. The summed E-state index contributed by atoms with van der Waals surface area (Å²) in [5.74, 6) is 0. The summed E-state index contributed by atoms with van der Waals surface area (Å²) < 4.78 is 23.6. The Kier molecular flexibility index (Phi) is 3.23. The standard InChI is InChI=1S/C9H13ClN2O3S/c10-16(14,15)7-5-11-12(6-7)8-3-1-2-4-9(8)13/h5-6,8-9,13H,1-4H2. The van der Waals surface area contributed by atoms with Crippen molar-refractivity contribution in [2.75, 3.05) is 0 Å². The van der Waals surface area contributed by atoms with E-state index in [0.29, 0.717) is 0 Å². The lowest BCUT2D eigenvalue weighted by atomic mass is 9.93. The first-order valence-electron chi connectivity index (χ1n) is 5.15. The van der Waals surface area contributed by atoms with E-state index in [1.807, 2.05) is 0 Å². The number of rotatable bonds is 2. The molecule has 0 bridgehead atoms. The minimum atomic E-state index is -3.73. The topological polar surface area (TPSA) is 72.2 Å². The molecule has 2 atom stereocenters. The maximum Gasteiger partial charge on any atom is 0.264 e. The molecule has 0 aromatic carbocycles. The summed E-state index contributed by atoms with van der Waals surface area (Å²) >= 11 is 0. The lowest BCUT2D eigenvalue weighted by Crippen LogP contribution is -2.27. The number of aliphatic hydroxyl groups excluding tert-OH is 1. The van der Waals surface area contributed by atoms with Crippen LogP contribution in [0.15, 0.2) is 17.3 Å². The summed E-state index contributed by atoms with van der Waals surface area (Å²) in [6, 6.07) is -0.138. The van der Waals surface area contributed by atoms with Gasteiger partial charge in [0.05, 0.1) is 18.3 Å². The van der Waals surface area contributed by atoms with Crippen LogP contribution in [0.5, 0.6) is 0 Å². The zero-order valence-corrected chi connectivity index (χ0v) is 10.2. The molecular weight excluding hydrogens is 252 g/mol. The zero-order chi connectivity index (χ0) is 11.8. The summed E-state index contributed by atoms with van der Waals surface area (Å²) in [5.41, 5.74) is 0. The van der Waals surface area contributed by atoms with E-state index in [1.54, 1.807) is 0 Å². The second-order valence-electron chi connectivity index (χ2n) is 4.01. The lowest BCUT2D eigenvalue weighted by molar-refractivity contribution is 0.0693. The van der Waals surface area contributed by atoms with Crippen molar-refractivity contribution in [1.29, 1.82) is 0 Å². The van der Waals surface area contributed by atoms with E-state index >= 15 is 0 Å². The van der Waals surface area contributed by atoms with Gasteiger partial charge in [-0.15, -0.1) is 0 Å². The van der Waals surface area contributed by atoms with Gasteiger partial charge < -0.3 is 5.11 Å². The third-order valence-electron chi connectivity index (χ3n) is 2.89. The average molecular weight is 265 g/mol. The molecule has 0 radical (unpaired) electrons. The van der Waals surface area contributed by atoms with Crippen LogP contribution in [-0.4, -0.2) is 29.4 Å². The molecule has 1 fully saturated rings. The SMILES string of the molecule is O=S(=O)(Cl)c1cnn(C2CCCCC2O)c1. The third kappa shape index (κ3) is 2.39. The predicted molar refractivity (Wildman–Crippen MR) is 58.8 cm³/mol. The molecule has 5 nitrogen and oxygen atoms in total. The van der Waals surface area contributed by atoms with Gasteiger partial charge >= 0.3 is 0 Å². The molecule has 1 saturated carbocycles. The van der Waals surface area contributed by atoms with E-state index in [0.717, 1.165) is 25.7 Å². The fourth-order valence-electron chi connectivity index (χ4n) is 2.03. The van der Waals surface area contributed by atoms with Crippen LogP contribution < -0.4 is 0 Å². The van der Waals surface area contributed by atoms with Crippen molar-refractivity contribution < 1.29 is 13.5 Å². The highest BCUT2D eigenvalue weighted by Gasteiger charge is 2.26. The lowest BCUT2D eigenvalue weighted by Gasteiger charge is -2.27. The van der Waals surface area contributed by atoms with E-state index in [4.69, 9.17) is 10.7 Å². The Morgan fingerprint density at radius 2 is 2.12 bits per heavy atom. The smallest absolute Gasteiger partial charge is 0.264 e. The van der Waals surface area contributed by atoms with Crippen LogP contribution in [0.1, 0.15) is 31.7 Å². The monoisotopic (exact) mass is 264 g/mol. The molecule has 1 N–H and O–H groups in total. The van der Waals surface area contributed by atoms with Crippen molar-refractivity contribution in [1.82, 2.24) is 9.78 Å². The fourth-order valence-corrected chi connectivity index (χ4v) is 2.67. The Hall–Kier alpha value is -0.590. The predicted octanol–water partition coefficient (Wildman–Crippen LogP) is 1.29. The molecule has 1 aromatic rings. The van der Waals surface area contributed by atoms with Gasteiger partial charge in [-0.1, -0.05) is 12.8 Å². The molecular formula is C9H13ClN2O3S. The highest BCUT2D eigenvalue weighted by atomic mass is 35.7. The van der Waals surface area contributed by atoms with Gasteiger partial charge in [0.2, 0.25) is 0 Å². The van der Waals surface area contributed by atoms with E-state index in [9.17, 15) is 13.5 Å². The molecule has 0 saturated heterocycles. The average Bonchev–Trinajstić information content (AvgIpc) is 2.66. The van der Waals surface area contributed by atoms with Crippen molar-refractivity contribution in [3.8, 4) is 0 Å². The van der Waals surface area contributed by atoms with Gasteiger partial charge in [0.1, 0.15) is 4.90 Å². The Labute approximate surface area is 98.4 Å². The molecule has 1 aliphatic rings. The summed E-state index contributed by atoms with van der Waals surface area (Å²) in [6.07, 6.45) is 5.69. The van der Waals surface area contributed by atoms with Crippen molar-refractivity contribution in [2.24, 2.45) is 0 Å². The van der Waals surface area contributed by atoms with Crippen molar-refractivity contribution in [3.05, 3.63) is 12.4 Å². The Balaban J connectivity index is 2.24. The van der Waals surface area contributed by atoms with Gasteiger partial charge in [0.15, 0.2) is 0 Å². The van der Waals surface area contributed by atoms with E-state index in [1.165, 1.54) is 17.1 Å². The van der Waals surface area contributed by atoms with Gasteiger partial charge in [-0.3, -0.25) is 4.68 Å². The minimum absolute atomic E-state index is 0.0214. The molecule has 7 heteroatoms. The molecule has 2 unspecified atom stereocenters. The van der Waals surface area contributed by atoms with Crippen LogP contribution in [0.3, 0.4) is 0 Å². The highest BCUT2D eigenvalue weighted by molar-refractivity contribution is 8.13. The third-order valence-corrected chi connectivity index (χ3v) is 4.20. The first-order valence-corrected chi connectivity index (χ1v) is 7.46. The van der Waals surface area contributed by atoms with Gasteiger partial charge in [0.25, 0.3) is 9.05 Å². The van der Waals surface area contributed by atoms with Crippen LogP contribution in [0.2, 0.25) is 0 Å². The highest BCUT2D eigenvalue weighted by Crippen LogP contribution is 2.29. The number of hydrogen-bond donors (Lipinski definition) is 1. The summed E-state index contributed by atoms with van der Waals surface area (Å²) in [5, 5.41) is 13.7. The molecule has 1 heterocycles. The van der Waals surface area contributed by atoms with Gasteiger partial charge in [-0.05, 0) is 12.8 Å². The number of nitrogens with zero attached hydrogens (tertiary/aromatic N) is 2. The van der Waals surface area contributed by atoms with Crippen LogP contribution in [0.25, 0.3) is 0 Å². The molecule has 0 amide bonds. The maximum atomic E-state index is 11.1. The Morgan fingerprint density at radius 1 is 1.44 bits per heavy atom. The normalized spacial score (nSPS) is 26.9. The van der Waals surface area contributed by atoms with Gasteiger partial charge in [0, 0.05) is 16.9 Å². The summed E-state index contributed by atoms with van der Waals surface area (Å²) in [7, 11) is 1.47. The molecule has 1 aromatic heterocycles. The second-order valence-corrected chi connectivity index (χ2v) is 6.58. The van der Waals surface area contributed by atoms with Crippen LogP contribution in [-0.2, 0) is 9.05 Å². The van der Waals surface area contributed by atoms with E-state index in [2.05, 4.69) is 5.10 Å². The van der Waals surface area contributed by atoms with E-state index in [-0.39, 0.29) is 10.9 Å². The first kappa shape index (κ1) is 11.9. The molecule has 0 spiro atoms. The first-order chi connectivity index (χ1) is 7.48. The zero-order valence-electron chi connectivity index (χ0n) is 8.58. The van der Waals surface area contributed by atoms with Gasteiger partial charge in [-0.2, -0.15) is 5.10 Å². The number of halogens is 1. The van der Waals surface area contributed by atoms with Crippen LogP contribution in [0.4, 0.5) is 0 Å². The number of aliphatic hydroxyl groups is 1.